The van der Waals surface area contributed by atoms with Crippen LogP contribution in [-0.4, -0.2) is 42.7 Å². The summed E-state index contributed by atoms with van der Waals surface area (Å²) < 4.78 is 0.518. The molecule has 0 rings (SSSR count). The molecule has 30 heavy (non-hydrogen) atoms. The smallest absolute Gasteiger partial charge is 0.362 e. The molecule has 0 aromatic carbocycles. The van der Waals surface area contributed by atoms with Gasteiger partial charge in [-0.05, 0) is 32.1 Å². The summed E-state index contributed by atoms with van der Waals surface area (Å²) >= 11 is 0. The second-order valence-electron chi connectivity index (χ2n) is 10.1. The van der Waals surface area contributed by atoms with Crippen LogP contribution in [0.1, 0.15) is 129 Å². The number of rotatable bonds is 22. The molecule has 3 heteroatoms. The van der Waals surface area contributed by atoms with Gasteiger partial charge in [-0.25, -0.2) is 4.79 Å². The summed E-state index contributed by atoms with van der Waals surface area (Å²) in [6, 6.07) is -0.268. The third-order valence-corrected chi connectivity index (χ3v) is 6.21. The number of hydrogen-bond acceptors (Lipinski definition) is 1. The summed E-state index contributed by atoms with van der Waals surface area (Å²) in [4.78, 5) is 11.4. The number of unbranched alkanes of at least 4 members (excludes halogenated alkanes) is 16. The Morgan fingerprint density at radius 1 is 0.667 bits per heavy atom. The van der Waals surface area contributed by atoms with Crippen molar-refractivity contribution in [1.82, 2.24) is 0 Å². The fourth-order valence-corrected chi connectivity index (χ4v) is 4.13. The average molecular weight is 425 g/mol. The van der Waals surface area contributed by atoms with E-state index < -0.39 is 5.97 Å². The monoisotopic (exact) mass is 424 g/mol. The van der Waals surface area contributed by atoms with Crippen LogP contribution in [-0.2, 0) is 4.79 Å². The first-order valence-electron chi connectivity index (χ1n) is 13.1. The molecule has 178 valence electrons. The Balaban J connectivity index is 3.31. The van der Waals surface area contributed by atoms with E-state index in [2.05, 4.69) is 19.1 Å². The number of carboxylic acid groups (broad SMARTS) is 1. The summed E-state index contributed by atoms with van der Waals surface area (Å²) in [5.74, 6) is -0.657. The zero-order valence-corrected chi connectivity index (χ0v) is 21.0. The predicted molar refractivity (Wildman–Crippen MR) is 132 cm³/mol. The zero-order chi connectivity index (χ0) is 22.5. The Hall–Kier alpha value is -0.830. The van der Waals surface area contributed by atoms with Crippen molar-refractivity contribution >= 4 is 5.97 Å². The lowest BCUT2D eigenvalue weighted by Crippen LogP contribution is -2.49. The first-order valence-corrected chi connectivity index (χ1v) is 13.1. The highest BCUT2D eigenvalue weighted by atomic mass is 16.4. The summed E-state index contributed by atoms with van der Waals surface area (Å²) in [5.41, 5.74) is 0. The van der Waals surface area contributed by atoms with Crippen LogP contribution in [0.25, 0.3) is 0 Å². The van der Waals surface area contributed by atoms with Crippen LogP contribution < -0.4 is 0 Å². The molecule has 0 aromatic heterocycles. The minimum absolute atomic E-state index is 0.268. The highest BCUT2D eigenvalue weighted by Crippen LogP contribution is 2.16. The molecule has 1 N–H and O–H groups in total. The quantitative estimate of drug-likeness (QED) is 0.108. The van der Waals surface area contributed by atoms with Crippen LogP contribution in [0.5, 0.6) is 0 Å². The van der Waals surface area contributed by atoms with E-state index in [1.54, 1.807) is 0 Å². The molecule has 0 saturated heterocycles. The van der Waals surface area contributed by atoms with Crippen molar-refractivity contribution in [3.8, 4) is 0 Å². The topological polar surface area (TPSA) is 37.3 Å². The molecule has 0 bridgehead atoms. The van der Waals surface area contributed by atoms with Gasteiger partial charge in [-0.2, -0.15) is 0 Å². The molecule has 0 aromatic rings. The average Bonchev–Trinajstić information content (AvgIpc) is 2.68. The Labute approximate surface area is 188 Å². The van der Waals surface area contributed by atoms with Crippen LogP contribution in [0.2, 0.25) is 0 Å². The van der Waals surface area contributed by atoms with Crippen LogP contribution in [0.15, 0.2) is 12.2 Å². The SMILES string of the molecule is CCCCCCCCC=CCCCCCCCCCCCCC(C(=O)O)[N+](C)(C)C. The first kappa shape index (κ1) is 29.2. The van der Waals surface area contributed by atoms with Gasteiger partial charge in [-0.3, -0.25) is 0 Å². The Morgan fingerprint density at radius 3 is 1.40 bits per heavy atom. The maximum Gasteiger partial charge on any atom is 0.362 e. The van der Waals surface area contributed by atoms with Crippen LogP contribution in [0.4, 0.5) is 0 Å². The number of nitrogens with zero attached hydrogens (tertiary/aromatic N) is 1. The number of aliphatic carboxylic acids is 1. The van der Waals surface area contributed by atoms with E-state index in [4.69, 9.17) is 0 Å². The Kier molecular flexibility index (Phi) is 19.5. The van der Waals surface area contributed by atoms with Crippen molar-refractivity contribution in [1.29, 1.82) is 0 Å². The second-order valence-corrected chi connectivity index (χ2v) is 10.1. The van der Waals surface area contributed by atoms with Gasteiger partial charge in [0.25, 0.3) is 0 Å². The second kappa shape index (κ2) is 20.1. The summed E-state index contributed by atoms with van der Waals surface area (Å²) in [6.45, 7) is 2.28. The first-order chi connectivity index (χ1) is 14.4. The maximum absolute atomic E-state index is 11.4. The summed E-state index contributed by atoms with van der Waals surface area (Å²) in [6.07, 6.45) is 29.5. The molecule has 0 amide bonds. The molecule has 0 radical (unpaired) electrons. The van der Waals surface area contributed by atoms with Crippen molar-refractivity contribution in [3.63, 3.8) is 0 Å². The standard InChI is InChI=1S/C27H53NO2/c1-5-6-7-8-9-10-11-12-13-14-15-16-17-18-19-20-21-22-23-24-25-26(27(29)30)28(2,3)4/h12-13,26H,5-11,14-25H2,1-4H3/p+1. The molecular weight excluding hydrogens is 370 g/mol. The number of carbonyl (C=O) groups is 1. The molecule has 0 spiro atoms. The lowest BCUT2D eigenvalue weighted by atomic mass is 10.0. The predicted octanol–water partition coefficient (Wildman–Crippen LogP) is 8.13. The molecule has 1 atom stereocenters. The zero-order valence-electron chi connectivity index (χ0n) is 21.0. The van der Waals surface area contributed by atoms with E-state index in [9.17, 15) is 9.90 Å². The Morgan fingerprint density at radius 2 is 1.03 bits per heavy atom. The minimum atomic E-state index is -0.657. The third kappa shape index (κ3) is 19.2. The van der Waals surface area contributed by atoms with Gasteiger partial charge in [0, 0.05) is 6.42 Å². The number of allylic oxidation sites excluding steroid dienone is 2. The van der Waals surface area contributed by atoms with Gasteiger partial charge >= 0.3 is 5.97 Å². The minimum Gasteiger partial charge on any atom is -0.477 e. The molecule has 1 unspecified atom stereocenters. The Bertz CT molecular complexity index is 412. The fourth-order valence-electron chi connectivity index (χ4n) is 4.13. The summed E-state index contributed by atoms with van der Waals surface area (Å²) in [7, 11) is 5.93. The van der Waals surface area contributed by atoms with E-state index in [1.807, 2.05) is 21.1 Å². The van der Waals surface area contributed by atoms with Gasteiger partial charge in [0.05, 0.1) is 21.1 Å². The van der Waals surface area contributed by atoms with Gasteiger partial charge in [-0.1, -0.05) is 103 Å². The maximum atomic E-state index is 11.4. The highest BCUT2D eigenvalue weighted by molar-refractivity contribution is 5.72. The largest absolute Gasteiger partial charge is 0.477 e. The number of likely N-dealkylation sites (N-methyl/N-ethyl adjacent to an activating group) is 1. The number of hydrogen-bond donors (Lipinski definition) is 1. The van der Waals surface area contributed by atoms with Crippen molar-refractivity contribution in [2.45, 2.75) is 135 Å². The molecule has 0 fully saturated rings. The number of carboxylic acids is 1. The van der Waals surface area contributed by atoms with E-state index in [0.29, 0.717) is 4.48 Å². The van der Waals surface area contributed by atoms with Gasteiger partial charge in [0.15, 0.2) is 6.04 Å². The van der Waals surface area contributed by atoms with Gasteiger partial charge in [0.2, 0.25) is 0 Å². The van der Waals surface area contributed by atoms with Crippen LogP contribution in [0.3, 0.4) is 0 Å². The highest BCUT2D eigenvalue weighted by Gasteiger charge is 2.30. The lowest BCUT2D eigenvalue weighted by Gasteiger charge is -2.31. The van der Waals surface area contributed by atoms with Crippen molar-refractivity contribution < 1.29 is 14.4 Å². The van der Waals surface area contributed by atoms with Gasteiger partial charge in [0.1, 0.15) is 0 Å². The third-order valence-electron chi connectivity index (χ3n) is 6.21. The molecular formula is C27H54NO2+. The molecule has 3 nitrogen and oxygen atoms in total. The van der Waals surface area contributed by atoms with E-state index in [-0.39, 0.29) is 6.04 Å². The molecule has 0 aliphatic carbocycles. The van der Waals surface area contributed by atoms with Crippen LogP contribution in [0, 0.1) is 0 Å². The van der Waals surface area contributed by atoms with Crippen molar-refractivity contribution in [3.05, 3.63) is 12.2 Å². The summed E-state index contributed by atoms with van der Waals surface area (Å²) in [5, 5.41) is 9.35. The van der Waals surface area contributed by atoms with Crippen molar-refractivity contribution in [2.24, 2.45) is 0 Å². The van der Waals surface area contributed by atoms with Crippen molar-refractivity contribution in [2.75, 3.05) is 21.1 Å². The van der Waals surface area contributed by atoms with E-state index in [1.165, 1.54) is 109 Å². The molecule has 0 aliphatic rings. The molecule has 0 saturated carbocycles. The van der Waals surface area contributed by atoms with Gasteiger partial charge < -0.3 is 9.59 Å². The van der Waals surface area contributed by atoms with Gasteiger partial charge in [-0.15, -0.1) is 0 Å². The molecule has 0 aliphatic heterocycles. The van der Waals surface area contributed by atoms with Crippen LogP contribution >= 0.6 is 0 Å². The fraction of sp³-hybridized carbons (Fsp3) is 0.889. The molecule has 0 heterocycles. The lowest BCUT2D eigenvalue weighted by molar-refractivity contribution is -0.887. The van der Waals surface area contributed by atoms with E-state index in [0.717, 1.165) is 12.8 Å². The normalized spacial score (nSPS) is 13.2. The van der Waals surface area contributed by atoms with E-state index >= 15 is 0 Å². The number of quaternary nitrogens is 1.